The lowest BCUT2D eigenvalue weighted by Gasteiger charge is -2.27. The average Bonchev–Trinajstić information content (AvgIpc) is 3.01. The zero-order chi connectivity index (χ0) is 17.1. The van der Waals surface area contributed by atoms with Gasteiger partial charge in [-0.1, -0.05) is 24.3 Å². The van der Waals surface area contributed by atoms with Crippen LogP contribution in [-0.4, -0.2) is 70.2 Å². The number of amides is 1. The molecule has 0 spiro atoms. The van der Waals surface area contributed by atoms with Crippen LogP contribution in [0.25, 0.3) is 0 Å². The maximum Gasteiger partial charge on any atom is 0.409 e. The number of ether oxygens (including phenoxy) is 1. The maximum atomic E-state index is 11.5. The van der Waals surface area contributed by atoms with Crippen LogP contribution < -0.4 is 0 Å². The second-order valence-electron chi connectivity index (χ2n) is 5.86. The Morgan fingerprint density at radius 1 is 1.25 bits per heavy atom. The number of carboxylic acids is 1. The average molecular weight is 352 g/mol. The molecule has 130 valence electrons. The molecule has 3 rings (SSSR count). The van der Waals surface area contributed by atoms with Crippen molar-refractivity contribution in [2.75, 3.05) is 32.1 Å². The third-order valence-electron chi connectivity index (χ3n) is 4.25. The van der Waals surface area contributed by atoms with Gasteiger partial charge in [0.15, 0.2) is 0 Å². The molecule has 1 amide bonds. The monoisotopic (exact) mass is 352 g/mol. The van der Waals surface area contributed by atoms with Crippen LogP contribution in [0, 0.1) is 0 Å². The van der Waals surface area contributed by atoms with Crippen LogP contribution in [0.1, 0.15) is 16.5 Å². The fourth-order valence-electron chi connectivity index (χ4n) is 3.05. The van der Waals surface area contributed by atoms with Gasteiger partial charge in [-0.25, -0.2) is 9.59 Å². The summed E-state index contributed by atoms with van der Waals surface area (Å²) < 4.78 is 5.34. The lowest BCUT2D eigenvalue weighted by Crippen LogP contribution is -2.42. The number of carbonyl (C=O) groups is 2. The summed E-state index contributed by atoms with van der Waals surface area (Å²) in [4.78, 5) is 26.1. The Labute approximate surface area is 144 Å². The molecule has 24 heavy (non-hydrogen) atoms. The summed E-state index contributed by atoms with van der Waals surface area (Å²) in [7, 11) is 0. The molecule has 2 heterocycles. The molecule has 1 aromatic rings. The van der Waals surface area contributed by atoms with Gasteiger partial charge >= 0.3 is 12.1 Å². The quantitative estimate of drug-likeness (QED) is 0.852. The molecule has 2 N–H and O–H groups in total. The van der Waals surface area contributed by atoms with Crippen molar-refractivity contribution in [2.24, 2.45) is 0 Å². The summed E-state index contributed by atoms with van der Waals surface area (Å²) in [5.74, 6) is -0.836. The molecule has 1 aromatic carbocycles. The number of benzene rings is 1. The van der Waals surface area contributed by atoms with Gasteiger partial charge in [0.05, 0.1) is 13.2 Å². The normalized spacial score (nSPS) is 24.9. The summed E-state index contributed by atoms with van der Waals surface area (Å²) in [6.45, 7) is 4.00. The first-order valence-electron chi connectivity index (χ1n) is 7.81. The van der Waals surface area contributed by atoms with Crippen molar-refractivity contribution in [3.8, 4) is 0 Å². The Kier molecular flexibility index (Phi) is 5.27. The molecule has 0 bridgehead atoms. The highest BCUT2D eigenvalue weighted by molar-refractivity contribution is 7.99. The summed E-state index contributed by atoms with van der Waals surface area (Å²) in [5.41, 5.74) is 1.93. The summed E-state index contributed by atoms with van der Waals surface area (Å²) in [6, 6.07) is 6.76. The fourth-order valence-corrected chi connectivity index (χ4v) is 4.45. The third-order valence-corrected chi connectivity index (χ3v) is 5.58. The maximum absolute atomic E-state index is 11.5. The van der Waals surface area contributed by atoms with Gasteiger partial charge < -0.3 is 14.9 Å². The number of thioether (sulfide) groups is 1. The molecule has 2 aliphatic rings. The Morgan fingerprint density at radius 2 is 2.00 bits per heavy atom. The molecule has 1 unspecified atom stereocenters. The Bertz CT molecular complexity index is 620. The summed E-state index contributed by atoms with van der Waals surface area (Å²) in [6.07, 6.45) is -1.20. The van der Waals surface area contributed by atoms with Crippen molar-refractivity contribution >= 4 is 23.8 Å². The van der Waals surface area contributed by atoms with Gasteiger partial charge in [0, 0.05) is 25.4 Å². The zero-order valence-corrected chi connectivity index (χ0v) is 13.9. The minimum absolute atomic E-state index is 0.264. The van der Waals surface area contributed by atoms with Gasteiger partial charge in [-0.05, 0) is 11.1 Å². The lowest BCUT2D eigenvalue weighted by atomic mass is 10.1. The smallest absolute Gasteiger partial charge is 0.409 e. The predicted molar refractivity (Wildman–Crippen MR) is 89.0 cm³/mol. The molecule has 0 radical (unpaired) electrons. The zero-order valence-electron chi connectivity index (χ0n) is 13.1. The van der Waals surface area contributed by atoms with E-state index >= 15 is 0 Å². The van der Waals surface area contributed by atoms with Crippen LogP contribution in [0.4, 0.5) is 4.79 Å². The first-order chi connectivity index (χ1) is 11.6. The number of carboxylic acid groups (broad SMARTS) is 2. The van der Waals surface area contributed by atoms with E-state index in [0.717, 1.165) is 48.9 Å². The van der Waals surface area contributed by atoms with Crippen molar-refractivity contribution in [3.05, 3.63) is 35.4 Å². The van der Waals surface area contributed by atoms with Crippen molar-refractivity contribution < 1.29 is 24.5 Å². The second-order valence-corrected chi connectivity index (χ2v) is 6.98. The largest absolute Gasteiger partial charge is 0.480 e. The molecule has 2 aliphatic heterocycles. The van der Waals surface area contributed by atoms with E-state index < -0.39 is 23.5 Å². The van der Waals surface area contributed by atoms with Gasteiger partial charge in [0.25, 0.3) is 0 Å². The van der Waals surface area contributed by atoms with Gasteiger partial charge in [-0.2, -0.15) is 0 Å². The molecular formula is C16H20N2O5S. The van der Waals surface area contributed by atoms with Crippen LogP contribution in [-0.2, 0) is 16.1 Å². The van der Waals surface area contributed by atoms with Crippen molar-refractivity contribution in [2.45, 2.75) is 18.0 Å². The molecule has 0 aliphatic carbocycles. The van der Waals surface area contributed by atoms with Crippen LogP contribution in [0.2, 0.25) is 0 Å². The number of hydrogen-bond acceptors (Lipinski definition) is 5. The number of rotatable bonds is 4. The van der Waals surface area contributed by atoms with E-state index in [1.165, 1.54) is 11.8 Å². The van der Waals surface area contributed by atoms with E-state index in [2.05, 4.69) is 4.90 Å². The number of aliphatic carboxylic acids is 1. The molecule has 0 aromatic heterocycles. The Hall–Kier alpha value is -1.77. The minimum Gasteiger partial charge on any atom is -0.480 e. The molecule has 0 saturated carbocycles. The SMILES string of the molecule is O=C(O)C1CS[C@H](c2cccc(CN3CCOCC3)c2)N1C(=O)O. The molecule has 2 atom stereocenters. The van der Waals surface area contributed by atoms with E-state index in [1.807, 2.05) is 24.3 Å². The van der Waals surface area contributed by atoms with E-state index in [-0.39, 0.29) is 5.75 Å². The van der Waals surface area contributed by atoms with Crippen LogP contribution >= 0.6 is 11.8 Å². The first-order valence-corrected chi connectivity index (χ1v) is 8.86. The van der Waals surface area contributed by atoms with Crippen molar-refractivity contribution in [1.29, 1.82) is 0 Å². The highest BCUT2D eigenvalue weighted by Gasteiger charge is 2.42. The number of hydrogen-bond donors (Lipinski definition) is 2. The first kappa shape index (κ1) is 17.1. The van der Waals surface area contributed by atoms with Gasteiger partial charge in [-0.3, -0.25) is 9.80 Å². The van der Waals surface area contributed by atoms with E-state index in [1.54, 1.807) is 0 Å². The molecule has 7 nitrogen and oxygen atoms in total. The topological polar surface area (TPSA) is 90.3 Å². The minimum atomic E-state index is -1.20. The third kappa shape index (κ3) is 3.66. The fraction of sp³-hybridized carbons (Fsp3) is 0.500. The predicted octanol–water partition coefficient (Wildman–Crippen LogP) is 1.70. The van der Waals surface area contributed by atoms with Gasteiger partial charge in [0.1, 0.15) is 11.4 Å². The number of morpholine rings is 1. The van der Waals surface area contributed by atoms with E-state index in [9.17, 15) is 19.8 Å². The summed E-state index contributed by atoms with van der Waals surface area (Å²) >= 11 is 1.35. The Balaban J connectivity index is 1.77. The standard InChI is InChI=1S/C16H20N2O5S/c19-15(20)13-10-24-14(18(13)16(21)22)12-3-1-2-11(8-12)9-17-4-6-23-7-5-17/h1-3,8,13-14H,4-7,9-10H2,(H,19,20)(H,21,22)/t13?,14-/m1/s1. The van der Waals surface area contributed by atoms with Crippen LogP contribution in [0.3, 0.4) is 0 Å². The molecular weight excluding hydrogens is 332 g/mol. The van der Waals surface area contributed by atoms with Crippen LogP contribution in [0.5, 0.6) is 0 Å². The van der Waals surface area contributed by atoms with Gasteiger partial charge in [-0.15, -0.1) is 11.8 Å². The highest BCUT2D eigenvalue weighted by atomic mass is 32.2. The Morgan fingerprint density at radius 3 is 2.67 bits per heavy atom. The van der Waals surface area contributed by atoms with E-state index in [4.69, 9.17) is 4.74 Å². The van der Waals surface area contributed by atoms with Crippen LogP contribution in [0.15, 0.2) is 24.3 Å². The van der Waals surface area contributed by atoms with Crippen molar-refractivity contribution in [3.63, 3.8) is 0 Å². The summed E-state index contributed by atoms with van der Waals surface area (Å²) in [5, 5.41) is 18.2. The van der Waals surface area contributed by atoms with E-state index in [0.29, 0.717) is 0 Å². The molecule has 2 fully saturated rings. The molecule has 2 saturated heterocycles. The molecule has 8 heteroatoms. The highest BCUT2D eigenvalue weighted by Crippen LogP contribution is 2.41. The second kappa shape index (κ2) is 7.42. The van der Waals surface area contributed by atoms with Crippen molar-refractivity contribution in [1.82, 2.24) is 9.80 Å². The lowest BCUT2D eigenvalue weighted by molar-refractivity contribution is -0.141. The number of nitrogens with zero attached hydrogens (tertiary/aromatic N) is 2. The van der Waals surface area contributed by atoms with Gasteiger partial charge in [0.2, 0.25) is 0 Å².